The van der Waals surface area contributed by atoms with Gasteiger partial charge in [-0.3, -0.25) is 0 Å². The Kier molecular flexibility index (Phi) is 49.0. The van der Waals surface area contributed by atoms with Crippen LogP contribution in [0.15, 0.2) is 0 Å². The van der Waals surface area contributed by atoms with Gasteiger partial charge in [0, 0.05) is 0 Å². The van der Waals surface area contributed by atoms with E-state index < -0.39 is 7.94 Å². The minimum absolute atomic E-state index is 0.679. The smallest absolute Gasteiger partial charge is 0.0654 e. The van der Waals surface area contributed by atoms with E-state index in [2.05, 4.69) is 20.8 Å². The van der Waals surface area contributed by atoms with E-state index in [1.54, 1.807) is 0 Å². The van der Waals surface area contributed by atoms with Crippen molar-refractivity contribution >= 4 is 7.94 Å². The molecule has 55 heavy (non-hydrogen) atoms. The molecular weight excluding hydrogens is 692 g/mol. The van der Waals surface area contributed by atoms with E-state index in [-0.39, 0.29) is 0 Å². The Hall–Kier alpha value is 0.310. The van der Waals surface area contributed by atoms with E-state index in [1.807, 2.05) is 0 Å². The third-order valence-corrected chi connectivity index (χ3v) is 14.5. The van der Waals surface area contributed by atoms with Crippen LogP contribution < -0.4 is 0 Å². The fourth-order valence-electron chi connectivity index (χ4n) is 8.32. The van der Waals surface area contributed by atoms with Gasteiger partial charge in [-0.05, 0) is 0 Å². The Morgan fingerprint density at radius 3 is 0.600 bits per heavy atom. The molecule has 0 unspecified atom stereocenters. The summed E-state index contributed by atoms with van der Waals surface area (Å²) in [6, 6.07) is 0. The van der Waals surface area contributed by atoms with Crippen LogP contribution >= 0.6 is 7.94 Å². The van der Waals surface area contributed by atoms with Crippen LogP contribution in [0.25, 0.3) is 0 Å². The van der Waals surface area contributed by atoms with Crippen molar-refractivity contribution in [2.24, 2.45) is 0 Å². The van der Waals surface area contributed by atoms with E-state index in [9.17, 15) is 4.89 Å². The first-order chi connectivity index (χ1) is 27.2. The summed E-state index contributed by atoms with van der Waals surface area (Å²) in [7, 11) is -3.07. The van der Waals surface area contributed by atoms with Gasteiger partial charge < -0.3 is 0 Å². The van der Waals surface area contributed by atoms with Crippen LogP contribution in [-0.2, 0) is 9.05 Å². The van der Waals surface area contributed by atoms with Gasteiger partial charge in [0.2, 0.25) is 0 Å². The maximum atomic E-state index is 11.5. The van der Waals surface area contributed by atoms with Crippen molar-refractivity contribution in [3.8, 4) is 0 Å². The fraction of sp³-hybridized carbons (Fsp3) is 1.00. The standard InChI is InChI=1S/C51H107O3P/c1-4-7-10-13-16-19-22-25-28-31-34-37-40-43-46-49-53-55(52,51-48-45-42-39-36-33-30-27-24-21-18-15-12-9-6-3)54-50-47-44-41-38-35-32-29-26-23-20-17-14-11-8-5-2/h52,55H,4-51H2,1-3H3. The molecule has 0 aromatic heterocycles. The van der Waals surface area contributed by atoms with Gasteiger partial charge in [-0.2, -0.15) is 0 Å². The van der Waals surface area contributed by atoms with Gasteiger partial charge in [-0.25, -0.2) is 0 Å². The summed E-state index contributed by atoms with van der Waals surface area (Å²) >= 11 is 0. The average Bonchev–Trinajstić information content (AvgIpc) is 3.19. The van der Waals surface area contributed by atoms with Gasteiger partial charge in [0.1, 0.15) is 0 Å². The summed E-state index contributed by atoms with van der Waals surface area (Å²) in [4.78, 5) is 11.5. The minimum atomic E-state index is -3.07. The second-order valence-corrected chi connectivity index (χ2v) is 20.5. The van der Waals surface area contributed by atoms with Crippen LogP contribution in [0.5, 0.6) is 0 Å². The van der Waals surface area contributed by atoms with Gasteiger partial charge in [-0.1, -0.05) is 111 Å². The van der Waals surface area contributed by atoms with Crippen molar-refractivity contribution in [3.05, 3.63) is 0 Å². The SMILES string of the molecule is CCCCCCCCCCCCCCCCCO[PH](O)(CCCCCCCCCCCCCCCCC)OCCCCCCCCCCCCCCCCC. The molecule has 0 aliphatic rings. The topological polar surface area (TPSA) is 38.7 Å². The van der Waals surface area contributed by atoms with Crippen molar-refractivity contribution in [2.45, 2.75) is 310 Å². The maximum absolute atomic E-state index is 11.5. The van der Waals surface area contributed by atoms with Crippen molar-refractivity contribution < 1.29 is 13.9 Å². The molecule has 0 amide bonds. The number of hydrogen-bond donors (Lipinski definition) is 1. The number of hydrogen-bond acceptors (Lipinski definition) is 3. The molecule has 0 spiro atoms. The molecule has 0 saturated carbocycles. The second-order valence-electron chi connectivity index (χ2n) is 18.0. The molecule has 0 radical (unpaired) electrons. The fourth-order valence-corrected chi connectivity index (χ4v) is 10.3. The predicted molar refractivity (Wildman–Crippen MR) is 252 cm³/mol. The molecule has 0 rings (SSSR count). The summed E-state index contributed by atoms with van der Waals surface area (Å²) in [6.07, 6.45) is 62.4. The first-order valence-electron chi connectivity index (χ1n) is 26.2. The van der Waals surface area contributed by atoms with Crippen LogP contribution in [0.1, 0.15) is 310 Å². The first-order valence-corrected chi connectivity index (χ1v) is 28.2. The summed E-state index contributed by atoms with van der Waals surface area (Å²) < 4.78 is 12.5. The number of unbranched alkanes of at least 4 members (excludes halogenated alkanes) is 42. The van der Waals surface area contributed by atoms with Gasteiger partial charge in [0.05, 0.1) is 0 Å². The van der Waals surface area contributed by atoms with Crippen molar-refractivity contribution in [1.29, 1.82) is 0 Å². The molecule has 0 saturated heterocycles. The van der Waals surface area contributed by atoms with Crippen LogP contribution in [0.2, 0.25) is 0 Å². The molecule has 0 aliphatic heterocycles. The van der Waals surface area contributed by atoms with Crippen molar-refractivity contribution in [1.82, 2.24) is 0 Å². The minimum Gasteiger partial charge on any atom is -0.0654 e. The zero-order valence-corrected chi connectivity index (χ0v) is 39.7. The Balaban J connectivity index is 4.07. The molecule has 0 aromatic rings. The Labute approximate surface area is 349 Å². The van der Waals surface area contributed by atoms with E-state index in [0.717, 1.165) is 25.4 Å². The van der Waals surface area contributed by atoms with Crippen LogP contribution in [0.4, 0.5) is 0 Å². The van der Waals surface area contributed by atoms with Gasteiger partial charge in [-0.15, -0.1) is 0 Å². The van der Waals surface area contributed by atoms with Crippen LogP contribution in [0, 0.1) is 0 Å². The molecule has 0 atom stereocenters. The normalized spacial score (nSPS) is 12.3. The molecule has 0 aliphatic carbocycles. The first kappa shape index (κ1) is 55.3. The van der Waals surface area contributed by atoms with Crippen molar-refractivity contribution in [3.63, 3.8) is 0 Å². The average molecular weight is 799 g/mol. The molecule has 0 bridgehead atoms. The molecule has 334 valence electrons. The van der Waals surface area contributed by atoms with Crippen LogP contribution in [0.3, 0.4) is 0 Å². The summed E-state index contributed by atoms with van der Waals surface area (Å²) in [5, 5.41) is 0. The quantitative estimate of drug-likeness (QED) is 0.0492. The summed E-state index contributed by atoms with van der Waals surface area (Å²) in [6.45, 7) is 8.26. The summed E-state index contributed by atoms with van der Waals surface area (Å²) in [5.74, 6) is 0. The van der Waals surface area contributed by atoms with Gasteiger partial charge in [0.25, 0.3) is 0 Å². The van der Waals surface area contributed by atoms with E-state index >= 15 is 0 Å². The predicted octanol–water partition coefficient (Wildman–Crippen LogP) is 19.1. The zero-order chi connectivity index (χ0) is 39.9. The second kappa shape index (κ2) is 48.7. The Morgan fingerprint density at radius 1 is 0.236 bits per heavy atom. The molecule has 3 nitrogen and oxygen atoms in total. The molecule has 0 aromatic carbocycles. The summed E-state index contributed by atoms with van der Waals surface area (Å²) in [5.41, 5.74) is 0. The Morgan fingerprint density at radius 2 is 0.400 bits per heavy atom. The molecule has 4 heteroatoms. The van der Waals surface area contributed by atoms with Crippen LogP contribution in [-0.4, -0.2) is 24.3 Å². The molecule has 0 heterocycles. The monoisotopic (exact) mass is 799 g/mol. The molecule has 0 fully saturated rings. The molecular formula is C51H107O3P. The van der Waals surface area contributed by atoms with E-state index in [4.69, 9.17) is 9.05 Å². The third kappa shape index (κ3) is 46.9. The molecule has 1 N–H and O–H groups in total. The number of rotatable bonds is 50. The Bertz CT molecular complexity index is 636. The van der Waals surface area contributed by atoms with E-state index in [0.29, 0.717) is 13.2 Å². The van der Waals surface area contributed by atoms with E-state index in [1.165, 1.54) is 270 Å². The third-order valence-electron chi connectivity index (χ3n) is 12.2. The van der Waals surface area contributed by atoms with Gasteiger partial charge >= 0.3 is 240 Å². The zero-order valence-electron chi connectivity index (χ0n) is 38.7. The van der Waals surface area contributed by atoms with Crippen molar-refractivity contribution in [2.75, 3.05) is 19.4 Å². The van der Waals surface area contributed by atoms with Gasteiger partial charge in [0.15, 0.2) is 0 Å².